The zero-order chi connectivity index (χ0) is 26.4. The van der Waals surface area contributed by atoms with Crippen molar-refractivity contribution in [2.24, 2.45) is 5.92 Å². The van der Waals surface area contributed by atoms with Gasteiger partial charge < -0.3 is 9.64 Å². The smallest absolute Gasteiger partial charge is 0.338 e. The first-order chi connectivity index (χ1) is 17.5. The summed E-state index contributed by atoms with van der Waals surface area (Å²) in [6, 6.07) is 7.19. The number of unbranched alkanes of at least 4 members (excludes halogenated alkanes) is 12. The summed E-state index contributed by atoms with van der Waals surface area (Å²) in [6.07, 6.45) is 19.0. The third-order valence-electron chi connectivity index (χ3n) is 6.89. The summed E-state index contributed by atoms with van der Waals surface area (Å²) < 4.78 is 5.53. The molecule has 0 fully saturated rings. The van der Waals surface area contributed by atoms with Crippen LogP contribution in [0.4, 0.5) is 0 Å². The van der Waals surface area contributed by atoms with E-state index in [1.165, 1.54) is 64.2 Å². The van der Waals surface area contributed by atoms with Gasteiger partial charge in [-0.25, -0.2) is 4.79 Å². The van der Waals surface area contributed by atoms with Crippen molar-refractivity contribution in [3.05, 3.63) is 35.4 Å². The average Bonchev–Trinajstić information content (AvgIpc) is 2.88. The number of esters is 1. The molecule has 1 amide bonds. The van der Waals surface area contributed by atoms with E-state index >= 15 is 0 Å². The first-order valence-electron chi connectivity index (χ1n) is 15.1. The minimum absolute atomic E-state index is 0.0262. The summed E-state index contributed by atoms with van der Waals surface area (Å²) in [5.74, 6) is 0.181. The lowest BCUT2D eigenvalue weighted by atomic mass is 10.0. The molecule has 0 unspecified atom stereocenters. The van der Waals surface area contributed by atoms with Crippen LogP contribution < -0.4 is 0 Å². The SMILES string of the molecule is CCCCCCCCCN(CCCCCCCCC)C(=O)c1ccccc1C(=O)OCCCC(C)C. The predicted octanol–water partition coefficient (Wildman–Crippen LogP) is 9.22. The Labute approximate surface area is 222 Å². The van der Waals surface area contributed by atoms with Crippen molar-refractivity contribution in [2.45, 2.75) is 130 Å². The quantitative estimate of drug-likeness (QED) is 0.117. The summed E-state index contributed by atoms with van der Waals surface area (Å²) in [7, 11) is 0. The zero-order valence-electron chi connectivity index (χ0n) is 24.0. The Morgan fingerprint density at radius 3 is 1.67 bits per heavy atom. The number of carbonyl (C=O) groups is 2. The van der Waals surface area contributed by atoms with Crippen LogP contribution >= 0.6 is 0 Å². The molecule has 0 heterocycles. The van der Waals surface area contributed by atoms with Crippen molar-refractivity contribution >= 4 is 11.9 Å². The molecule has 0 bridgehead atoms. The van der Waals surface area contributed by atoms with Crippen LogP contribution in [0.15, 0.2) is 24.3 Å². The van der Waals surface area contributed by atoms with Gasteiger partial charge in [-0.3, -0.25) is 4.79 Å². The maximum absolute atomic E-state index is 13.6. The molecule has 1 aromatic rings. The topological polar surface area (TPSA) is 46.6 Å². The Kier molecular flexibility index (Phi) is 19.0. The molecule has 0 saturated heterocycles. The third kappa shape index (κ3) is 14.7. The van der Waals surface area contributed by atoms with Crippen molar-refractivity contribution in [1.29, 1.82) is 0 Å². The number of nitrogens with zero attached hydrogens (tertiary/aromatic N) is 1. The molecular weight excluding hydrogens is 446 g/mol. The minimum Gasteiger partial charge on any atom is -0.462 e. The monoisotopic (exact) mass is 501 g/mol. The van der Waals surface area contributed by atoms with Gasteiger partial charge in [0.15, 0.2) is 0 Å². The fourth-order valence-electron chi connectivity index (χ4n) is 4.59. The van der Waals surface area contributed by atoms with Gasteiger partial charge in [-0.1, -0.05) is 117 Å². The summed E-state index contributed by atoms with van der Waals surface area (Å²) >= 11 is 0. The van der Waals surface area contributed by atoms with E-state index in [2.05, 4.69) is 27.7 Å². The Hall–Kier alpha value is -1.84. The molecule has 0 aliphatic rings. The van der Waals surface area contributed by atoms with Gasteiger partial charge in [0, 0.05) is 13.1 Å². The second kappa shape index (κ2) is 21.3. The van der Waals surface area contributed by atoms with Gasteiger partial charge in [-0.15, -0.1) is 0 Å². The molecule has 0 aliphatic carbocycles. The zero-order valence-corrected chi connectivity index (χ0v) is 24.0. The Bertz CT molecular complexity index is 682. The maximum Gasteiger partial charge on any atom is 0.338 e. The van der Waals surface area contributed by atoms with Gasteiger partial charge in [0.1, 0.15) is 0 Å². The number of rotatable bonds is 22. The summed E-state index contributed by atoms with van der Waals surface area (Å²) in [4.78, 5) is 28.4. The van der Waals surface area contributed by atoms with E-state index in [-0.39, 0.29) is 11.9 Å². The first-order valence-corrected chi connectivity index (χ1v) is 15.1. The van der Waals surface area contributed by atoms with Crippen LogP contribution in [0, 0.1) is 5.92 Å². The molecule has 0 atom stereocenters. The molecular formula is C32H55NO3. The minimum atomic E-state index is -0.380. The van der Waals surface area contributed by atoms with E-state index in [1.54, 1.807) is 12.1 Å². The molecule has 4 nitrogen and oxygen atoms in total. The van der Waals surface area contributed by atoms with Crippen molar-refractivity contribution in [2.75, 3.05) is 19.7 Å². The van der Waals surface area contributed by atoms with Crippen molar-refractivity contribution in [3.8, 4) is 0 Å². The predicted molar refractivity (Wildman–Crippen MR) is 153 cm³/mol. The van der Waals surface area contributed by atoms with Crippen LogP contribution in [0.25, 0.3) is 0 Å². The summed E-state index contributed by atoms with van der Waals surface area (Å²) in [5, 5.41) is 0. The van der Waals surface area contributed by atoms with E-state index < -0.39 is 0 Å². The van der Waals surface area contributed by atoms with Gasteiger partial charge in [0.2, 0.25) is 0 Å². The number of hydrogen-bond donors (Lipinski definition) is 0. The third-order valence-corrected chi connectivity index (χ3v) is 6.89. The van der Waals surface area contributed by atoms with Crippen LogP contribution in [0.2, 0.25) is 0 Å². The molecule has 0 saturated carbocycles. The number of benzene rings is 1. The number of amides is 1. The molecule has 1 rings (SSSR count). The molecule has 206 valence electrons. The summed E-state index contributed by atoms with van der Waals surface area (Å²) in [6.45, 7) is 10.8. The van der Waals surface area contributed by atoms with Gasteiger partial charge in [-0.2, -0.15) is 0 Å². The molecule has 4 heteroatoms. The lowest BCUT2D eigenvalue weighted by molar-refractivity contribution is 0.0487. The molecule has 36 heavy (non-hydrogen) atoms. The van der Waals surface area contributed by atoms with E-state index in [4.69, 9.17) is 4.74 Å². The van der Waals surface area contributed by atoms with Crippen molar-refractivity contribution < 1.29 is 14.3 Å². The number of carbonyl (C=O) groups excluding carboxylic acids is 2. The average molecular weight is 502 g/mol. The molecule has 0 aromatic heterocycles. The Morgan fingerprint density at radius 1 is 0.694 bits per heavy atom. The van der Waals surface area contributed by atoms with Crippen LogP contribution in [0.3, 0.4) is 0 Å². The molecule has 1 aromatic carbocycles. The normalized spacial score (nSPS) is 11.1. The summed E-state index contributed by atoms with van der Waals surface area (Å²) in [5.41, 5.74) is 0.883. The van der Waals surface area contributed by atoms with Gasteiger partial charge in [0.05, 0.1) is 17.7 Å². The first kappa shape index (κ1) is 32.2. The maximum atomic E-state index is 13.6. The largest absolute Gasteiger partial charge is 0.462 e. The van der Waals surface area contributed by atoms with Gasteiger partial charge >= 0.3 is 5.97 Å². The Morgan fingerprint density at radius 2 is 1.17 bits per heavy atom. The van der Waals surface area contributed by atoms with Crippen LogP contribution in [-0.4, -0.2) is 36.5 Å². The van der Waals surface area contributed by atoms with Gasteiger partial charge in [0.25, 0.3) is 5.91 Å². The second-order valence-corrected chi connectivity index (χ2v) is 10.8. The second-order valence-electron chi connectivity index (χ2n) is 10.8. The van der Waals surface area contributed by atoms with Gasteiger partial charge in [-0.05, 0) is 43.7 Å². The lowest BCUT2D eigenvalue weighted by Crippen LogP contribution is -2.34. The van der Waals surface area contributed by atoms with E-state index in [0.29, 0.717) is 23.7 Å². The Balaban J connectivity index is 2.72. The van der Waals surface area contributed by atoms with E-state index in [9.17, 15) is 9.59 Å². The highest BCUT2D eigenvalue weighted by molar-refractivity contribution is 6.05. The fourth-order valence-corrected chi connectivity index (χ4v) is 4.59. The highest BCUT2D eigenvalue weighted by atomic mass is 16.5. The molecule has 0 N–H and O–H groups in total. The van der Waals surface area contributed by atoms with Crippen molar-refractivity contribution in [3.63, 3.8) is 0 Å². The lowest BCUT2D eigenvalue weighted by Gasteiger charge is -2.24. The van der Waals surface area contributed by atoms with Crippen LogP contribution in [-0.2, 0) is 4.74 Å². The van der Waals surface area contributed by atoms with Crippen molar-refractivity contribution in [1.82, 2.24) is 4.90 Å². The molecule has 0 radical (unpaired) electrons. The fraction of sp³-hybridized carbons (Fsp3) is 0.750. The molecule has 0 spiro atoms. The highest BCUT2D eigenvalue weighted by Crippen LogP contribution is 2.17. The highest BCUT2D eigenvalue weighted by Gasteiger charge is 2.22. The number of ether oxygens (including phenoxy) is 1. The van der Waals surface area contributed by atoms with Crippen LogP contribution in [0.1, 0.15) is 151 Å². The molecule has 0 aliphatic heterocycles. The standard InChI is InChI=1S/C32H55NO3/c1-5-7-9-11-13-15-19-25-33(26-20-16-14-12-10-8-6-2)31(34)29-23-17-18-24-30(29)32(35)36-27-21-22-28(3)4/h17-18,23-24,28H,5-16,19-22,25-27H2,1-4H3. The van der Waals surface area contributed by atoms with E-state index in [1.807, 2.05) is 17.0 Å². The number of hydrogen-bond acceptors (Lipinski definition) is 3. The van der Waals surface area contributed by atoms with E-state index in [0.717, 1.165) is 51.6 Å². The van der Waals surface area contributed by atoms with Crippen LogP contribution in [0.5, 0.6) is 0 Å².